The second-order valence-corrected chi connectivity index (χ2v) is 4.12. The normalized spacial score (nSPS) is 19.6. The molecule has 1 aliphatic heterocycles. The molecule has 0 spiro atoms. The Morgan fingerprint density at radius 3 is 2.72 bits per heavy atom. The van der Waals surface area contributed by atoms with Crippen molar-refractivity contribution in [1.82, 2.24) is 0 Å². The Morgan fingerprint density at radius 1 is 1.44 bits per heavy atom. The number of halogens is 3. The number of fused-ring (bicyclic) bond motifs is 1. The summed E-state index contributed by atoms with van der Waals surface area (Å²) in [7, 11) is 0. The Balaban J connectivity index is 2.53. The topological polar surface area (TPSA) is 64.4 Å². The number of nitrogens with one attached hydrogen (secondary N) is 1. The number of anilines is 2. The summed E-state index contributed by atoms with van der Waals surface area (Å²) >= 11 is 0. The Hall–Kier alpha value is -1.92. The number of nitrogens with two attached hydrogens (primary N) is 1. The van der Waals surface area contributed by atoms with Gasteiger partial charge in [-0.2, -0.15) is 13.2 Å². The molecule has 7 heteroatoms. The lowest BCUT2D eigenvalue weighted by Gasteiger charge is -2.16. The Labute approximate surface area is 101 Å². The smallest absolute Gasteiger partial charge is 0.416 e. The monoisotopic (exact) mass is 260 g/mol. The highest BCUT2D eigenvalue weighted by molar-refractivity contribution is 5.95. The zero-order valence-electron chi connectivity index (χ0n) is 9.47. The van der Waals surface area contributed by atoms with E-state index in [2.05, 4.69) is 5.32 Å². The molecule has 1 aromatic rings. The molecule has 1 atom stereocenters. The molecule has 1 heterocycles. The molecule has 18 heavy (non-hydrogen) atoms. The first-order valence-electron chi connectivity index (χ1n) is 5.24. The molecule has 98 valence electrons. The molecule has 0 bridgehead atoms. The van der Waals surface area contributed by atoms with Gasteiger partial charge in [-0.25, -0.2) is 0 Å². The minimum Gasteiger partial charge on any atom is -0.486 e. The van der Waals surface area contributed by atoms with Crippen molar-refractivity contribution in [3.05, 3.63) is 17.7 Å². The van der Waals surface area contributed by atoms with Crippen LogP contribution < -0.4 is 15.8 Å². The fraction of sp³-hybridized carbons (Fsp3) is 0.364. The van der Waals surface area contributed by atoms with Gasteiger partial charge in [-0.05, 0) is 19.1 Å². The van der Waals surface area contributed by atoms with Crippen molar-refractivity contribution in [1.29, 1.82) is 0 Å². The minimum absolute atomic E-state index is 0.0447. The third-order valence-electron chi connectivity index (χ3n) is 2.51. The average molecular weight is 260 g/mol. The second-order valence-electron chi connectivity index (χ2n) is 4.12. The summed E-state index contributed by atoms with van der Waals surface area (Å²) in [5, 5.41) is 2.36. The standard InChI is InChI=1S/C11H11F3N2O2/c1-5-2-9(17)16-8-4-6(11(12,13)14)3-7(15)10(8)18-5/h3-5H,2,15H2,1H3,(H,16,17). The van der Waals surface area contributed by atoms with Crippen LogP contribution in [0, 0.1) is 0 Å². The molecule has 0 aromatic heterocycles. The summed E-state index contributed by atoms with van der Waals surface area (Å²) in [6.45, 7) is 1.64. The van der Waals surface area contributed by atoms with Crippen molar-refractivity contribution in [2.75, 3.05) is 11.1 Å². The molecule has 0 aliphatic carbocycles. The predicted molar refractivity (Wildman–Crippen MR) is 59.2 cm³/mol. The fourth-order valence-corrected chi connectivity index (χ4v) is 1.74. The Kier molecular flexibility index (Phi) is 2.84. The molecular weight excluding hydrogens is 249 g/mol. The summed E-state index contributed by atoms with van der Waals surface area (Å²) in [5.74, 6) is -0.318. The average Bonchev–Trinajstić information content (AvgIpc) is 2.34. The molecule has 0 fully saturated rings. The van der Waals surface area contributed by atoms with Gasteiger partial charge in [0.1, 0.15) is 6.10 Å². The lowest BCUT2D eigenvalue weighted by molar-refractivity contribution is -0.137. The third-order valence-corrected chi connectivity index (χ3v) is 2.51. The van der Waals surface area contributed by atoms with Gasteiger partial charge in [0.15, 0.2) is 5.75 Å². The van der Waals surface area contributed by atoms with Crippen LogP contribution in [-0.2, 0) is 11.0 Å². The predicted octanol–water partition coefficient (Wildman–Crippen LogP) is 2.40. The van der Waals surface area contributed by atoms with Gasteiger partial charge in [-0.1, -0.05) is 0 Å². The zero-order valence-corrected chi connectivity index (χ0v) is 9.47. The number of hydrogen-bond acceptors (Lipinski definition) is 3. The number of nitrogen functional groups attached to an aromatic ring is 1. The minimum atomic E-state index is -4.52. The molecular formula is C11H11F3N2O2. The molecule has 1 unspecified atom stereocenters. The number of carbonyl (C=O) groups is 1. The van der Waals surface area contributed by atoms with Crippen LogP contribution in [0.5, 0.6) is 5.75 Å². The summed E-state index contributed by atoms with van der Waals surface area (Å²) in [6.07, 6.45) is -4.90. The van der Waals surface area contributed by atoms with Crippen molar-refractivity contribution < 1.29 is 22.7 Å². The van der Waals surface area contributed by atoms with Crippen molar-refractivity contribution >= 4 is 17.3 Å². The highest BCUT2D eigenvalue weighted by Crippen LogP contribution is 2.40. The van der Waals surface area contributed by atoms with Crippen LogP contribution in [0.1, 0.15) is 18.9 Å². The van der Waals surface area contributed by atoms with Crippen LogP contribution in [0.3, 0.4) is 0 Å². The molecule has 2 rings (SSSR count). The van der Waals surface area contributed by atoms with E-state index >= 15 is 0 Å². The van der Waals surface area contributed by atoms with Gasteiger partial charge in [0.25, 0.3) is 0 Å². The van der Waals surface area contributed by atoms with E-state index in [1.54, 1.807) is 6.92 Å². The summed E-state index contributed by atoms with van der Waals surface area (Å²) in [4.78, 5) is 11.4. The molecule has 1 aliphatic rings. The van der Waals surface area contributed by atoms with Gasteiger partial charge in [0, 0.05) is 0 Å². The van der Waals surface area contributed by atoms with Crippen LogP contribution >= 0.6 is 0 Å². The van der Waals surface area contributed by atoms with Crippen molar-refractivity contribution in [3.63, 3.8) is 0 Å². The molecule has 1 aromatic carbocycles. The fourth-order valence-electron chi connectivity index (χ4n) is 1.74. The van der Waals surface area contributed by atoms with E-state index in [4.69, 9.17) is 10.5 Å². The van der Waals surface area contributed by atoms with E-state index in [-0.39, 0.29) is 23.5 Å². The summed E-state index contributed by atoms with van der Waals surface area (Å²) < 4.78 is 43.2. The maximum Gasteiger partial charge on any atom is 0.416 e. The van der Waals surface area contributed by atoms with Gasteiger partial charge in [0.05, 0.1) is 23.4 Å². The lowest BCUT2D eigenvalue weighted by Crippen LogP contribution is -2.17. The number of hydrogen-bond donors (Lipinski definition) is 2. The van der Waals surface area contributed by atoms with Crippen molar-refractivity contribution in [3.8, 4) is 5.75 Å². The number of benzene rings is 1. The Morgan fingerprint density at radius 2 is 2.11 bits per heavy atom. The second kappa shape index (κ2) is 4.08. The van der Waals surface area contributed by atoms with Gasteiger partial charge < -0.3 is 15.8 Å². The maximum atomic E-state index is 12.6. The van der Waals surface area contributed by atoms with Crippen LogP contribution in [-0.4, -0.2) is 12.0 Å². The molecule has 0 radical (unpaired) electrons. The molecule has 1 amide bonds. The molecule has 0 saturated heterocycles. The third kappa shape index (κ3) is 2.34. The summed E-state index contributed by atoms with van der Waals surface area (Å²) in [5.41, 5.74) is 4.43. The van der Waals surface area contributed by atoms with E-state index in [0.717, 1.165) is 12.1 Å². The SMILES string of the molecule is CC1CC(=O)Nc2cc(C(F)(F)F)cc(N)c2O1. The van der Waals surface area contributed by atoms with E-state index in [0.29, 0.717) is 0 Å². The van der Waals surface area contributed by atoms with Crippen LogP contribution in [0.2, 0.25) is 0 Å². The highest BCUT2D eigenvalue weighted by Gasteiger charge is 2.33. The number of alkyl halides is 3. The van der Waals surface area contributed by atoms with E-state index in [9.17, 15) is 18.0 Å². The van der Waals surface area contributed by atoms with E-state index in [1.807, 2.05) is 0 Å². The number of carbonyl (C=O) groups excluding carboxylic acids is 1. The Bertz CT molecular complexity index is 500. The molecule has 3 N–H and O–H groups in total. The highest BCUT2D eigenvalue weighted by atomic mass is 19.4. The van der Waals surface area contributed by atoms with Gasteiger partial charge in [-0.15, -0.1) is 0 Å². The number of ether oxygens (including phenoxy) is 1. The molecule has 0 saturated carbocycles. The van der Waals surface area contributed by atoms with Crippen molar-refractivity contribution in [2.24, 2.45) is 0 Å². The largest absolute Gasteiger partial charge is 0.486 e. The van der Waals surface area contributed by atoms with E-state index < -0.39 is 23.8 Å². The van der Waals surface area contributed by atoms with E-state index in [1.165, 1.54) is 0 Å². The van der Waals surface area contributed by atoms with Gasteiger partial charge >= 0.3 is 6.18 Å². The van der Waals surface area contributed by atoms with Gasteiger partial charge in [0.2, 0.25) is 5.91 Å². The number of amides is 1. The first-order valence-corrected chi connectivity index (χ1v) is 5.24. The maximum absolute atomic E-state index is 12.6. The zero-order chi connectivity index (χ0) is 13.5. The number of rotatable bonds is 0. The molecule has 4 nitrogen and oxygen atoms in total. The summed E-state index contributed by atoms with van der Waals surface area (Å²) in [6, 6.07) is 1.62. The first kappa shape index (κ1) is 12.5. The van der Waals surface area contributed by atoms with Crippen LogP contribution in [0.25, 0.3) is 0 Å². The lowest BCUT2D eigenvalue weighted by atomic mass is 10.1. The first-order chi connectivity index (χ1) is 8.27. The van der Waals surface area contributed by atoms with Crippen LogP contribution in [0.15, 0.2) is 12.1 Å². The van der Waals surface area contributed by atoms with Crippen molar-refractivity contribution in [2.45, 2.75) is 25.6 Å². The van der Waals surface area contributed by atoms with Crippen LogP contribution in [0.4, 0.5) is 24.5 Å². The quantitative estimate of drug-likeness (QED) is 0.704. The van der Waals surface area contributed by atoms with Gasteiger partial charge in [-0.3, -0.25) is 4.79 Å².